The zero-order valence-corrected chi connectivity index (χ0v) is 9.56. The number of nitrogens with zero attached hydrogens (tertiary/aromatic N) is 1. The first kappa shape index (κ1) is 12.0. The number of hydrogen-bond acceptors (Lipinski definition) is 4. The molecule has 0 aliphatic rings. The van der Waals surface area contributed by atoms with Crippen molar-refractivity contribution in [2.75, 3.05) is 25.5 Å². The van der Waals surface area contributed by atoms with Crippen LogP contribution in [0.15, 0.2) is 11.0 Å². The second-order valence-electron chi connectivity index (χ2n) is 3.47. The summed E-state index contributed by atoms with van der Waals surface area (Å²) in [5.41, 5.74) is 0.200. The monoisotopic (exact) mass is 230 g/mol. The van der Waals surface area contributed by atoms with Gasteiger partial charge in [-0.2, -0.15) is 5.10 Å². The van der Waals surface area contributed by atoms with Crippen molar-refractivity contribution < 1.29 is 0 Å². The molecule has 0 saturated heterocycles. The molecule has 0 saturated carbocycles. The molecule has 3 N–H and O–H groups in total. The van der Waals surface area contributed by atoms with Crippen molar-refractivity contribution >= 4 is 17.3 Å². The summed E-state index contributed by atoms with van der Waals surface area (Å²) in [5.74, 6) is 0.449. The summed E-state index contributed by atoms with van der Waals surface area (Å²) in [6.07, 6.45) is 1.51. The fraction of sp³-hybridized carbons (Fsp3) is 0.556. The second-order valence-corrected chi connectivity index (χ2v) is 3.85. The van der Waals surface area contributed by atoms with Crippen molar-refractivity contribution in [3.05, 3.63) is 21.6 Å². The fourth-order valence-corrected chi connectivity index (χ4v) is 1.37. The molecule has 1 rings (SSSR count). The van der Waals surface area contributed by atoms with Crippen molar-refractivity contribution in [3.63, 3.8) is 0 Å². The third kappa shape index (κ3) is 3.53. The Balaban J connectivity index is 2.58. The van der Waals surface area contributed by atoms with Crippen LogP contribution < -0.4 is 16.2 Å². The van der Waals surface area contributed by atoms with E-state index in [4.69, 9.17) is 11.6 Å². The normalized spacial score (nSPS) is 12.5. The molecule has 1 heterocycles. The van der Waals surface area contributed by atoms with E-state index >= 15 is 0 Å². The number of H-pyrrole nitrogens is 1. The Kier molecular flexibility index (Phi) is 4.58. The lowest BCUT2D eigenvalue weighted by molar-refractivity contribution is 0.569. The number of rotatable bonds is 5. The lowest BCUT2D eigenvalue weighted by atomic mass is 10.2. The van der Waals surface area contributed by atoms with Gasteiger partial charge in [0, 0.05) is 6.54 Å². The quantitative estimate of drug-likeness (QED) is 0.696. The van der Waals surface area contributed by atoms with Crippen LogP contribution in [-0.2, 0) is 0 Å². The van der Waals surface area contributed by atoms with Gasteiger partial charge in [-0.25, -0.2) is 5.10 Å². The Morgan fingerprint density at radius 3 is 3.00 bits per heavy atom. The number of aromatic nitrogens is 2. The molecule has 6 heteroatoms. The van der Waals surface area contributed by atoms with Gasteiger partial charge < -0.3 is 10.6 Å². The van der Waals surface area contributed by atoms with Gasteiger partial charge in [-0.05, 0) is 19.5 Å². The first-order chi connectivity index (χ1) is 7.15. The van der Waals surface area contributed by atoms with Gasteiger partial charge in [0.05, 0.1) is 11.9 Å². The Bertz CT molecular complexity index is 365. The molecule has 0 fully saturated rings. The van der Waals surface area contributed by atoms with Crippen LogP contribution in [0, 0.1) is 5.92 Å². The average molecular weight is 231 g/mol. The molecule has 0 radical (unpaired) electrons. The second kappa shape index (κ2) is 5.72. The third-order valence-corrected chi connectivity index (χ3v) is 2.36. The van der Waals surface area contributed by atoms with E-state index in [0.29, 0.717) is 11.6 Å². The van der Waals surface area contributed by atoms with Crippen molar-refractivity contribution in [1.82, 2.24) is 15.5 Å². The zero-order valence-electron chi connectivity index (χ0n) is 8.80. The van der Waals surface area contributed by atoms with E-state index in [1.807, 2.05) is 7.05 Å². The van der Waals surface area contributed by atoms with Gasteiger partial charge in [-0.15, -0.1) is 0 Å². The fourth-order valence-electron chi connectivity index (χ4n) is 1.21. The minimum Gasteiger partial charge on any atom is -0.382 e. The number of halogens is 1. The SMILES string of the molecule is CNCC(C)CNc1cn[nH]c(=O)c1Cl. The standard InChI is InChI=1S/C9H15ClN4O/c1-6(3-11-2)4-12-7-5-13-14-9(15)8(7)10/h5-6,11H,3-4H2,1-2H3,(H2,12,14,15). The molecule has 1 aromatic rings. The summed E-state index contributed by atoms with van der Waals surface area (Å²) >= 11 is 5.79. The molecule has 15 heavy (non-hydrogen) atoms. The molecule has 1 aromatic heterocycles. The third-order valence-electron chi connectivity index (χ3n) is 1.99. The summed E-state index contributed by atoms with van der Waals surface area (Å²) in [7, 11) is 1.90. The molecule has 5 nitrogen and oxygen atoms in total. The van der Waals surface area contributed by atoms with Gasteiger partial charge in [0.25, 0.3) is 5.56 Å². The molecule has 84 valence electrons. The molecule has 0 aromatic carbocycles. The number of aromatic amines is 1. The summed E-state index contributed by atoms with van der Waals surface area (Å²) in [4.78, 5) is 11.1. The van der Waals surface area contributed by atoms with Crippen molar-refractivity contribution in [2.45, 2.75) is 6.92 Å². The summed E-state index contributed by atoms with van der Waals surface area (Å²) in [6.45, 7) is 3.74. The summed E-state index contributed by atoms with van der Waals surface area (Å²) in [5, 5.41) is 12.2. The van der Waals surface area contributed by atoms with Crippen LogP contribution in [0.25, 0.3) is 0 Å². The minimum atomic E-state index is -0.372. The maximum absolute atomic E-state index is 11.1. The highest BCUT2D eigenvalue weighted by atomic mass is 35.5. The molecule has 1 atom stereocenters. The van der Waals surface area contributed by atoms with Crippen LogP contribution in [0.1, 0.15) is 6.92 Å². The van der Waals surface area contributed by atoms with E-state index in [1.165, 1.54) is 6.20 Å². The Morgan fingerprint density at radius 2 is 2.33 bits per heavy atom. The van der Waals surface area contributed by atoms with E-state index in [1.54, 1.807) is 0 Å². The zero-order chi connectivity index (χ0) is 11.3. The highest BCUT2D eigenvalue weighted by Gasteiger charge is 2.06. The lowest BCUT2D eigenvalue weighted by Gasteiger charge is -2.12. The van der Waals surface area contributed by atoms with E-state index in [0.717, 1.165) is 13.1 Å². The van der Waals surface area contributed by atoms with Crippen molar-refractivity contribution in [1.29, 1.82) is 0 Å². The van der Waals surface area contributed by atoms with Gasteiger partial charge in [-0.1, -0.05) is 18.5 Å². The topological polar surface area (TPSA) is 69.8 Å². The van der Waals surface area contributed by atoms with Crippen LogP contribution in [0.4, 0.5) is 5.69 Å². The molecular weight excluding hydrogens is 216 g/mol. The lowest BCUT2D eigenvalue weighted by Crippen LogP contribution is -2.23. The molecule has 0 bridgehead atoms. The largest absolute Gasteiger partial charge is 0.382 e. The molecule has 0 aliphatic heterocycles. The van der Waals surface area contributed by atoms with E-state index in [-0.39, 0.29) is 10.6 Å². The number of anilines is 1. The minimum absolute atomic E-state index is 0.154. The molecule has 1 unspecified atom stereocenters. The van der Waals surface area contributed by atoms with Gasteiger partial charge in [-0.3, -0.25) is 4.79 Å². The van der Waals surface area contributed by atoms with Gasteiger partial charge in [0.1, 0.15) is 5.02 Å². The van der Waals surface area contributed by atoms with Crippen molar-refractivity contribution in [3.8, 4) is 0 Å². The van der Waals surface area contributed by atoms with Gasteiger partial charge in [0.2, 0.25) is 0 Å². The van der Waals surface area contributed by atoms with E-state index in [9.17, 15) is 4.79 Å². The van der Waals surface area contributed by atoms with Gasteiger partial charge in [0.15, 0.2) is 0 Å². The predicted octanol–water partition coefficient (Wildman–Crippen LogP) is 0.691. The highest BCUT2D eigenvalue weighted by Crippen LogP contribution is 2.14. The smallest absolute Gasteiger partial charge is 0.285 e. The van der Waals surface area contributed by atoms with Crippen LogP contribution in [0.3, 0.4) is 0 Å². The molecule has 0 spiro atoms. The Hall–Kier alpha value is -1.07. The van der Waals surface area contributed by atoms with Crippen molar-refractivity contribution in [2.24, 2.45) is 5.92 Å². The maximum Gasteiger partial charge on any atom is 0.285 e. The van der Waals surface area contributed by atoms with Gasteiger partial charge >= 0.3 is 0 Å². The summed E-state index contributed by atoms with van der Waals surface area (Å²) in [6, 6.07) is 0. The first-order valence-electron chi connectivity index (χ1n) is 4.76. The molecule has 0 aliphatic carbocycles. The van der Waals surface area contributed by atoms with Crippen LogP contribution >= 0.6 is 11.6 Å². The molecular formula is C9H15ClN4O. The summed E-state index contributed by atoms with van der Waals surface area (Å²) < 4.78 is 0. The number of nitrogens with one attached hydrogen (secondary N) is 3. The predicted molar refractivity (Wildman–Crippen MR) is 61.4 cm³/mol. The Morgan fingerprint density at radius 1 is 1.60 bits per heavy atom. The van der Waals surface area contributed by atoms with E-state index in [2.05, 4.69) is 27.8 Å². The number of hydrogen-bond donors (Lipinski definition) is 3. The van der Waals surface area contributed by atoms with E-state index < -0.39 is 0 Å². The molecule has 0 amide bonds. The van der Waals surface area contributed by atoms with Crippen LogP contribution in [-0.4, -0.2) is 30.3 Å². The highest BCUT2D eigenvalue weighted by molar-refractivity contribution is 6.32. The van der Waals surface area contributed by atoms with Crippen LogP contribution in [0.5, 0.6) is 0 Å². The average Bonchev–Trinajstić information content (AvgIpc) is 2.21. The first-order valence-corrected chi connectivity index (χ1v) is 5.14. The Labute approximate surface area is 93.2 Å². The van der Waals surface area contributed by atoms with Crippen LogP contribution in [0.2, 0.25) is 5.02 Å². The maximum atomic E-state index is 11.1.